The maximum absolute atomic E-state index is 14.8. The first-order valence-corrected chi connectivity index (χ1v) is 21.8. The van der Waals surface area contributed by atoms with E-state index in [9.17, 15) is 38.1 Å². The molecule has 2 aromatic carbocycles. The standard InChI is InChI=1S/C47H68F3N3O11/c1-14-37-47(9,58)42(56)26(4)39(52-51-29(7)30-15-17-32(59-12)18-16-30)24(2)23-46(8,60-13)43(64-45-40(55)36(53(10)11)19-25(3)61-45)27(5)41(28(6)44(57)62-37)63-38(54)21-31-20-34(49)35(50)22-33(31)48/h15-18,20,22,24-28,36-37,40-43,45,55-56,58H,14,19,21,23H2,1-13H3/b51-29+,52-39+/t24-,25?,26+,27+,28-,36?,37-,40?,41+,42-,43-,45?,46-,47-/m1/s1. The van der Waals surface area contributed by atoms with Crippen LogP contribution in [-0.2, 0) is 39.7 Å². The van der Waals surface area contributed by atoms with E-state index in [0.717, 1.165) is 5.56 Å². The quantitative estimate of drug-likeness (QED) is 0.103. The van der Waals surface area contributed by atoms with Gasteiger partial charge in [-0.15, -0.1) is 0 Å². The molecule has 358 valence electrons. The second kappa shape index (κ2) is 22.0. The summed E-state index contributed by atoms with van der Waals surface area (Å²) in [6.07, 6.45) is -8.53. The summed E-state index contributed by atoms with van der Waals surface area (Å²) >= 11 is 0. The van der Waals surface area contributed by atoms with Gasteiger partial charge in [0.15, 0.2) is 17.9 Å². The Hall–Kier alpha value is -3.97. The van der Waals surface area contributed by atoms with Gasteiger partial charge in [0.25, 0.3) is 0 Å². The molecule has 2 heterocycles. The van der Waals surface area contributed by atoms with E-state index in [1.54, 1.807) is 53.9 Å². The fourth-order valence-electron chi connectivity index (χ4n) is 9.05. The zero-order valence-electron chi connectivity index (χ0n) is 39.3. The molecule has 64 heavy (non-hydrogen) atoms. The predicted octanol–water partition coefficient (Wildman–Crippen LogP) is 6.03. The number of halogens is 3. The van der Waals surface area contributed by atoms with Crippen molar-refractivity contribution in [1.29, 1.82) is 0 Å². The normalized spacial score (nSPS) is 35.5. The number of rotatable bonds is 11. The smallest absolute Gasteiger partial charge is 0.312 e. The van der Waals surface area contributed by atoms with E-state index in [1.165, 1.54) is 21.0 Å². The van der Waals surface area contributed by atoms with Crippen molar-refractivity contribution in [2.45, 2.75) is 148 Å². The first kappa shape index (κ1) is 52.7. The summed E-state index contributed by atoms with van der Waals surface area (Å²) in [6, 6.07) is 7.71. The van der Waals surface area contributed by atoms with Crippen molar-refractivity contribution in [2.24, 2.45) is 33.9 Å². The molecule has 14 atom stereocenters. The highest BCUT2D eigenvalue weighted by Gasteiger charge is 2.52. The highest BCUT2D eigenvalue weighted by Crippen LogP contribution is 2.40. The number of likely N-dealkylation sites (N-methyl/N-ethyl adjacent to an activating group) is 1. The van der Waals surface area contributed by atoms with Crippen molar-refractivity contribution in [3.05, 3.63) is 65.0 Å². The Kier molecular flexibility index (Phi) is 18.1. The van der Waals surface area contributed by atoms with Gasteiger partial charge in [-0.2, -0.15) is 10.2 Å². The number of hydrogen-bond donors (Lipinski definition) is 3. The second-order valence-electron chi connectivity index (χ2n) is 18.1. The number of hydrogen-bond acceptors (Lipinski definition) is 14. The minimum atomic E-state index is -2.06. The molecule has 0 aliphatic carbocycles. The average molecular weight is 908 g/mol. The number of aliphatic hydroxyl groups is 3. The lowest BCUT2D eigenvalue weighted by Crippen LogP contribution is -2.60. The van der Waals surface area contributed by atoms with E-state index in [1.807, 2.05) is 45.0 Å². The molecule has 4 unspecified atom stereocenters. The Bertz CT molecular complexity index is 1970. The number of methoxy groups -OCH3 is 2. The molecule has 0 bridgehead atoms. The first-order valence-electron chi connectivity index (χ1n) is 21.8. The van der Waals surface area contributed by atoms with Gasteiger partial charge < -0.3 is 48.6 Å². The van der Waals surface area contributed by atoms with Crippen molar-refractivity contribution in [2.75, 3.05) is 28.3 Å². The number of carbonyl (C=O) groups is 2. The summed E-state index contributed by atoms with van der Waals surface area (Å²) < 4.78 is 79.7. The molecule has 0 aromatic heterocycles. The third-order valence-electron chi connectivity index (χ3n) is 13.0. The van der Waals surface area contributed by atoms with E-state index in [2.05, 4.69) is 5.10 Å². The summed E-state index contributed by atoms with van der Waals surface area (Å²) in [7, 11) is 6.66. The third-order valence-corrected chi connectivity index (χ3v) is 13.0. The fourth-order valence-corrected chi connectivity index (χ4v) is 9.05. The van der Waals surface area contributed by atoms with Gasteiger partial charge in [-0.25, -0.2) is 13.2 Å². The van der Waals surface area contributed by atoms with Gasteiger partial charge in [-0.1, -0.05) is 27.7 Å². The molecule has 0 spiro atoms. The van der Waals surface area contributed by atoms with Crippen LogP contribution in [0, 0.1) is 41.1 Å². The maximum Gasteiger partial charge on any atom is 0.312 e. The summed E-state index contributed by atoms with van der Waals surface area (Å²) in [5, 5.41) is 45.2. The van der Waals surface area contributed by atoms with Crippen LogP contribution in [0.3, 0.4) is 0 Å². The van der Waals surface area contributed by atoms with Crippen LogP contribution in [0.15, 0.2) is 46.6 Å². The lowest BCUT2D eigenvalue weighted by molar-refractivity contribution is -0.301. The van der Waals surface area contributed by atoms with Crippen molar-refractivity contribution in [1.82, 2.24) is 4.90 Å². The van der Waals surface area contributed by atoms with Gasteiger partial charge in [-0.3, -0.25) is 9.59 Å². The van der Waals surface area contributed by atoms with Crippen LogP contribution in [0.1, 0.15) is 92.7 Å². The summed E-state index contributed by atoms with van der Waals surface area (Å²) in [5.41, 5.74) is -2.31. The molecule has 0 saturated carbocycles. The molecule has 2 aromatic rings. The van der Waals surface area contributed by atoms with Crippen molar-refractivity contribution < 1.29 is 66.5 Å². The molecular weight excluding hydrogens is 840 g/mol. The number of carbonyl (C=O) groups excluding carboxylic acids is 2. The Balaban J connectivity index is 1.93. The SMILES string of the molecule is CC[C@H]1OC(=O)[C@H](C)[C@@H](OC(=O)Cc2cc(F)c(F)cc2F)[C@H](C)[C@@H](OC2OC(C)CC(N(C)C)C2O)[C@](C)(OC)C[C@@H](C)/C(=N\N=C(/C)c2ccc(OC)cc2)[C@H](C)[C@@H](O)[C@]1(C)O. The Morgan fingerprint density at radius 3 is 2.17 bits per heavy atom. The van der Waals surface area contributed by atoms with Crippen molar-refractivity contribution in [3.8, 4) is 5.75 Å². The lowest BCUT2D eigenvalue weighted by Gasteiger charge is -2.48. The molecule has 2 aliphatic heterocycles. The van der Waals surface area contributed by atoms with Crippen LogP contribution in [0.5, 0.6) is 5.75 Å². The molecule has 3 N–H and O–H groups in total. The van der Waals surface area contributed by atoms with Crippen LogP contribution in [-0.4, -0.2) is 132 Å². The zero-order valence-corrected chi connectivity index (χ0v) is 39.3. The van der Waals surface area contributed by atoms with E-state index >= 15 is 0 Å². The average Bonchev–Trinajstić information content (AvgIpc) is 3.25. The Labute approximate surface area is 375 Å². The van der Waals surface area contributed by atoms with E-state index in [-0.39, 0.29) is 18.9 Å². The van der Waals surface area contributed by atoms with Gasteiger partial charge in [-0.05, 0) is 110 Å². The molecule has 14 nitrogen and oxygen atoms in total. The molecule has 0 amide bonds. The van der Waals surface area contributed by atoms with Crippen molar-refractivity contribution in [3.63, 3.8) is 0 Å². The number of esters is 2. The lowest BCUT2D eigenvalue weighted by atomic mass is 9.73. The van der Waals surface area contributed by atoms with Gasteiger partial charge in [0, 0.05) is 42.3 Å². The second-order valence-corrected chi connectivity index (χ2v) is 18.1. The minimum absolute atomic E-state index is 0.0526. The van der Waals surface area contributed by atoms with E-state index in [4.69, 9.17) is 33.5 Å². The predicted molar refractivity (Wildman–Crippen MR) is 233 cm³/mol. The van der Waals surface area contributed by atoms with Gasteiger partial charge >= 0.3 is 11.9 Å². The summed E-state index contributed by atoms with van der Waals surface area (Å²) in [6.45, 7) is 15.0. The molecule has 2 fully saturated rings. The summed E-state index contributed by atoms with van der Waals surface area (Å²) in [5.74, 6) is -9.19. The van der Waals surface area contributed by atoms with E-state index in [0.29, 0.717) is 35.7 Å². The van der Waals surface area contributed by atoms with Crippen LogP contribution < -0.4 is 4.74 Å². The zero-order chi connectivity index (χ0) is 48.0. The number of ether oxygens (including phenoxy) is 6. The highest BCUT2D eigenvalue weighted by atomic mass is 19.2. The van der Waals surface area contributed by atoms with Gasteiger partial charge in [0.2, 0.25) is 0 Å². The molecule has 2 aliphatic rings. The van der Waals surface area contributed by atoms with Crippen LogP contribution in [0.2, 0.25) is 0 Å². The monoisotopic (exact) mass is 907 g/mol. The molecule has 2 saturated heterocycles. The van der Waals surface area contributed by atoms with Gasteiger partial charge in [0.1, 0.15) is 35.5 Å². The molecule has 4 rings (SSSR count). The van der Waals surface area contributed by atoms with Crippen LogP contribution in [0.25, 0.3) is 0 Å². The van der Waals surface area contributed by atoms with Gasteiger partial charge in [0.05, 0.1) is 49.1 Å². The van der Waals surface area contributed by atoms with Crippen LogP contribution >= 0.6 is 0 Å². The highest BCUT2D eigenvalue weighted by molar-refractivity contribution is 5.99. The molecule has 17 heteroatoms. The number of cyclic esters (lactones) is 1. The molecular formula is C47H68F3N3O11. The Morgan fingerprint density at radius 2 is 1.59 bits per heavy atom. The number of aliphatic hydroxyl groups excluding tert-OH is 2. The number of nitrogens with zero attached hydrogens (tertiary/aromatic N) is 3. The van der Waals surface area contributed by atoms with Crippen LogP contribution in [0.4, 0.5) is 13.2 Å². The Morgan fingerprint density at radius 1 is 0.969 bits per heavy atom. The summed E-state index contributed by atoms with van der Waals surface area (Å²) in [4.78, 5) is 30.0. The maximum atomic E-state index is 14.8. The molecule has 0 radical (unpaired) electrons. The first-order chi connectivity index (χ1) is 29.9. The van der Waals surface area contributed by atoms with E-state index < -0.39 is 119 Å². The topological polar surface area (TPSA) is 178 Å². The fraction of sp³-hybridized carbons (Fsp3) is 0.660. The minimum Gasteiger partial charge on any atom is -0.497 e. The van der Waals surface area contributed by atoms with Crippen molar-refractivity contribution >= 4 is 23.4 Å². The number of benzene rings is 2. The third kappa shape index (κ3) is 12.1. The largest absolute Gasteiger partial charge is 0.497 e.